The lowest BCUT2D eigenvalue weighted by Gasteiger charge is -2.34. The van der Waals surface area contributed by atoms with Crippen molar-refractivity contribution >= 4 is 28.8 Å². The average molecular weight is 429 g/mol. The van der Waals surface area contributed by atoms with Gasteiger partial charge in [0.1, 0.15) is 4.88 Å². The summed E-state index contributed by atoms with van der Waals surface area (Å²) in [4.78, 5) is 34.8. The first kappa shape index (κ1) is 22.4. The van der Waals surface area contributed by atoms with E-state index in [1.54, 1.807) is 0 Å². The lowest BCUT2D eigenvalue weighted by Crippen LogP contribution is -2.50. The van der Waals surface area contributed by atoms with Crippen LogP contribution >= 0.6 is 11.3 Å². The van der Waals surface area contributed by atoms with Crippen LogP contribution in [0.15, 0.2) is 24.3 Å². The summed E-state index contributed by atoms with van der Waals surface area (Å²) in [6.07, 6.45) is 1.79. The standard InChI is InChI=1S/C23H32N4O2S/c1-5-18-8-6-7-9-19(18)25-20(28)15-26-10-12-27(13-11-26)23(29)22-17(4)24-21(30-22)14-16(2)3/h6-9,16H,5,10-15H2,1-4H3,(H,25,28). The molecule has 1 saturated heterocycles. The lowest BCUT2D eigenvalue weighted by molar-refractivity contribution is -0.117. The number of nitrogens with one attached hydrogen (secondary N) is 1. The summed E-state index contributed by atoms with van der Waals surface area (Å²) in [5.41, 5.74) is 2.85. The second kappa shape index (κ2) is 10.2. The molecule has 0 spiro atoms. The molecule has 0 radical (unpaired) electrons. The number of carbonyl (C=O) groups is 2. The maximum Gasteiger partial charge on any atom is 0.265 e. The Kier molecular flexibility index (Phi) is 7.61. The van der Waals surface area contributed by atoms with Gasteiger partial charge in [0.15, 0.2) is 0 Å². The first-order valence-electron chi connectivity index (χ1n) is 10.7. The summed E-state index contributed by atoms with van der Waals surface area (Å²) in [6, 6.07) is 7.90. The van der Waals surface area contributed by atoms with Crippen LogP contribution in [0.1, 0.15) is 46.7 Å². The van der Waals surface area contributed by atoms with Crippen molar-refractivity contribution in [3.63, 3.8) is 0 Å². The van der Waals surface area contributed by atoms with E-state index in [1.807, 2.05) is 36.1 Å². The van der Waals surface area contributed by atoms with Gasteiger partial charge in [-0.2, -0.15) is 0 Å². The zero-order valence-electron chi connectivity index (χ0n) is 18.4. The monoisotopic (exact) mass is 428 g/mol. The van der Waals surface area contributed by atoms with E-state index in [0.717, 1.165) is 39.7 Å². The summed E-state index contributed by atoms with van der Waals surface area (Å²) in [7, 11) is 0. The molecule has 3 rings (SSSR count). The summed E-state index contributed by atoms with van der Waals surface area (Å²) in [5.74, 6) is 0.589. The highest BCUT2D eigenvalue weighted by atomic mass is 32.1. The lowest BCUT2D eigenvalue weighted by atomic mass is 10.1. The van der Waals surface area contributed by atoms with Crippen LogP contribution in [-0.2, 0) is 17.6 Å². The van der Waals surface area contributed by atoms with Gasteiger partial charge in [0.2, 0.25) is 5.91 Å². The number of nitrogens with zero attached hydrogens (tertiary/aromatic N) is 3. The third-order valence-electron chi connectivity index (χ3n) is 5.32. The smallest absolute Gasteiger partial charge is 0.265 e. The number of aryl methyl sites for hydroxylation is 2. The maximum absolute atomic E-state index is 13.0. The topological polar surface area (TPSA) is 65.5 Å². The molecule has 0 saturated carbocycles. The SMILES string of the molecule is CCc1ccccc1NC(=O)CN1CCN(C(=O)c2sc(CC(C)C)nc2C)CC1. The number of hydrogen-bond acceptors (Lipinski definition) is 5. The van der Waals surface area contributed by atoms with Crippen molar-refractivity contribution < 1.29 is 9.59 Å². The van der Waals surface area contributed by atoms with Crippen molar-refractivity contribution in [1.29, 1.82) is 0 Å². The van der Waals surface area contributed by atoms with Gasteiger partial charge in [-0.25, -0.2) is 4.98 Å². The number of piperazine rings is 1. The first-order valence-corrected chi connectivity index (χ1v) is 11.5. The van der Waals surface area contributed by atoms with Crippen molar-refractivity contribution in [2.45, 2.75) is 40.5 Å². The maximum atomic E-state index is 13.0. The predicted octanol–water partition coefficient (Wildman–Crippen LogP) is 3.61. The number of rotatable bonds is 7. The number of benzene rings is 1. The van der Waals surface area contributed by atoms with Crippen LogP contribution in [0.5, 0.6) is 0 Å². The van der Waals surface area contributed by atoms with Crippen molar-refractivity contribution in [2.75, 3.05) is 38.0 Å². The van der Waals surface area contributed by atoms with Gasteiger partial charge in [0, 0.05) is 38.3 Å². The van der Waals surface area contributed by atoms with Gasteiger partial charge >= 0.3 is 0 Å². The number of carbonyl (C=O) groups excluding carboxylic acids is 2. The molecule has 7 heteroatoms. The predicted molar refractivity (Wildman–Crippen MR) is 122 cm³/mol. The van der Waals surface area contributed by atoms with Crippen LogP contribution in [0, 0.1) is 12.8 Å². The quantitative estimate of drug-likeness (QED) is 0.732. The van der Waals surface area contributed by atoms with E-state index in [-0.39, 0.29) is 11.8 Å². The van der Waals surface area contributed by atoms with Gasteiger partial charge in [-0.1, -0.05) is 39.0 Å². The van der Waals surface area contributed by atoms with E-state index in [0.29, 0.717) is 38.6 Å². The van der Waals surface area contributed by atoms with Crippen molar-refractivity contribution in [2.24, 2.45) is 5.92 Å². The van der Waals surface area contributed by atoms with Crippen LogP contribution in [0.2, 0.25) is 0 Å². The van der Waals surface area contributed by atoms with Crippen LogP contribution in [0.4, 0.5) is 5.69 Å². The molecular formula is C23H32N4O2S. The van der Waals surface area contributed by atoms with Gasteiger partial charge < -0.3 is 10.2 Å². The highest BCUT2D eigenvalue weighted by molar-refractivity contribution is 7.13. The van der Waals surface area contributed by atoms with Crippen molar-refractivity contribution in [1.82, 2.24) is 14.8 Å². The van der Waals surface area contributed by atoms with Crippen LogP contribution in [0.25, 0.3) is 0 Å². The molecule has 0 atom stereocenters. The molecule has 1 aliphatic rings. The van der Waals surface area contributed by atoms with E-state index in [9.17, 15) is 9.59 Å². The third-order valence-corrected chi connectivity index (χ3v) is 6.48. The second-order valence-electron chi connectivity index (χ2n) is 8.25. The molecule has 0 unspecified atom stereocenters. The molecule has 2 amide bonds. The summed E-state index contributed by atoms with van der Waals surface area (Å²) < 4.78 is 0. The fraction of sp³-hybridized carbons (Fsp3) is 0.522. The molecular weight excluding hydrogens is 396 g/mol. The molecule has 162 valence electrons. The Morgan fingerprint density at radius 1 is 1.17 bits per heavy atom. The molecule has 1 aromatic carbocycles. The Morgan fingerprint density at radius 3 is 2.53 bits per heavy atom. The van der Waals surface area contributed by atoms with Crippen LogP contribution in [-0.4, -0.2) is 59.3 Å². The summed E-state index contributed by atoms with van der Waals surface area (Å²) >= 11 is 1.53. The zero-order chi connectivity index (χ0) is 21.7. The highest BCUT2D eigenvalue weighted by Crippen LogP contribution is 2.23. The Bertz CT molecular complexity index is 885. The number of aromatic nitrogens is 1. The Balaban J connectivity index is 1.51. The molecule has 1 N–H and O–H groups in total. The summed E-state index contributed by atoms with van der Waals surface area (Å²) in [5, 5.41) is 4.06. The van der Waals surface area contributed by atoms with E-state index in [4.69, 9.17) is 0 Å². The van der Waals surface area contributed by atoms with E-state index in [1.165, 1.54) is 11.3 Å². The van der Waals surface area contributed by atoms with Gasteiger partial charge in [-0.05, 0) is 30.9 Å². The van der Waals surface area contributed by atoms with E-state index in [2.05, 4.69) is 36.0 Å². The minimum Gasteiger partial charge on any atom is -0.335 e. The molecule has 1 fully saturated rings. The highest BCUT2D eigenvalue weighted by Gasteiger charge is 2.26. The normalized spacial score (nSPS) is 14.9. The van der Waals surface area contributed by atoms with Crippen molar-refractivity contribution in [3.8, 4) is 0 Å². The van der Waals surface area contributed by atoms with E-state index >= 15 is 0 Å². The molecule has 2 aromatic rings. The number of hydrogen-bond donors (Lipinski definition) is 1. The number of thiazole rings is 1. The van der Waals surface area contributed by atoms with Gasteiger partial charge in [0.05, 0.1) is 17.2 Å². The Morgan fingerprint density at radius 2 is 1.87 bits per heavy atom. The Hall–Kier alpha value is -2.25. The first-order chi connectivity index (χ1) is 14.4. The zero-order valence-corrected chi connectivity index (χ0v) is 19.2. The number of amides is 2. The molecule has 1 aliphatic heterocycles. The molecule has 2 heterocycles. The fourth-order valence-electron chi connectivity index (χ4n) is 3.68. The van der Waals surface area contributed by atoms with Crippen molar-refractivity contribution in [3.05, 3.63) is 45.4 Å². The fourth-order valence-corrected chi connectivity index (χ4v) is 4.93. The van der Waals surface area contributed by atoms with Gasteiger partial charge in [-0.3, -0.25) is 14.5 Å². The van der Waals surface area contributed by atoms with E-state index < -0.39 is 0 Å². The summed E-state index contributed by atoms with van der Waals surface area (Å²) in [6.45, 7) is 11.3. The largest absolute Gasteiger partial charge is 0.335 e. The molecule has 0 aliphatic carbocycles. The Labute approximate surface area is 183 Å². The van der Waals surface area contributed by atoms with Gasteiger partial charge in [0.25, 0.3) is 5.91 Å². The average Bonchev–Trinajstić information content (AvgIpc) is 3.07. The van der Waals surface area contributed by atoms with Crippen LogP contribution in [0.3, 0.4) is 0 Å². The molecule has 6 nitrogen and oxygen atoms in total. The molecule has 0 bridgehead atoms. The second-order valence-corrected chi connectivity index (χ2v) is 9.33. The third kappa shape index (κ3) is 5.67. The molecule has 30 heavy (non-hydrogen) atoms. The molecule has 1 aromatic heterocycles. The van der Waals surface area contributed by atoms with Gasteiger partial charge in [-0.15, -0.1) is 11.3 Å². The van der Waals surface area contributed by atoms with Crippen LogP contribution < -0.4 is 5.32 Å². The minimum atomic E-state index is -0.00712. The number of para-hydroxylation sites is 1. The number of anilines is 1. The minimum absolute atomic E-state index is 0.00712.